The summed E-state index contributed by atoms with van der Waals surface area (Å²) < 4.78 is 23.9. The molecule has 0 aliphatic carbocycles. The van der Waals surface area contributed by atoms with Crippen molar-refractivity contribution >= 4 is 22.4 Å². The lowest BCUT2D eigenvalue weighted by molar-refractivity contribution is 0.102. The number of carbonyl (C=O) groups excluding carboxylic acids is 1. The van der Waals surface area contributed by atoms with Crippen LogP contribution in [0.1, 0.15) is 15.4 Å². The average Bonchev–Trinajstić information content (AvgIpc) is 3.08. The lowest BCUT2D eigenvalue weighted by Crippen LogP contribution is -2.11. The minimum atomic E-state index is -0.446. The molecule has 25 heavy (non-hydrogen) atoms. The van der Waals surface area contributed by atoms with E-state index in [9.17, 15) is 9.18 Å². The van der Waals surface area contributed by atoms with Crippen molar-refractivity contribution in [2.24, 2.45) is 0 Å². The van der Waals surface area contributed by atoms with Crippen LogP contribution in [0.2, 0.25) is 0 Å². The predicted molar refractivity (Wildman–Crippen MR) is 91.6 cm³/mol. The first-order valence-electron chi connectivity index (χ1n) is 7.31. The molecule has 2 aromatic carbocycles. The minimum Gasteiger partial charge on any atom is -0.497 e. The maximum absolute atomic E-state index is 13.5. The van der Waals surface area contributed by atoms with Gasteiger partial charge >= 0.3 is 0 Å². The molecule has 0 saturated carbocycles. The van der Waals surface area contributed by atoms with E-state index in [1.54, 1.807) is 36.4 Å². The zero-order valence-corrected chi connectivity index (χ0v) is 14.0. The number of ether oxygens (including phenoxy) is 2. The topological polar surface area (TPSA) is 73.3 Å². The van der Waals surface area contributed by atoms with Crippen LogP contribution in [-0.2, 0) is 6.61 Å². The van der Waals surface area contributed by atoms with E-state index in [1.165, 1.54) is 19.2 Å². The van der Waals surface area contributed by atoms with Crippen molar-refractivity contribution in [2.75, 3.05) is 12.4 Å². The van der Waals surface area contributed by atoms with Crippen LogP contribution in [0.25, 0.3) is 0 Å². The molecule has 8 heteroatoms. The second kappa shape index (κ2) is 7.71. The van der Waals surface area contributed by atoms with Gasteiger partial charge in [0, 0.05) is 5.56 Å². The number of carbonyl (C=O) groups is 1. The molecule has 1 amide bonds. The first-order chi connectivity index (χ1) is 12.2. The van der Waals surface area contributed by atoms with E-state index in [2.05, 4.69) is 15.5 Å². The Bertz CT molecular complexity index is 885. The lowest BCUT2D eigenvalue weighted by Gasteiger charge is -2.04. The van der Waals surface area contributed by atoms with Crippen LogP contribution < -0.4 is 14.8 Å². The van der Waals surface area contributed by atoms with Gasteiger partial charge < -0.3 is 9.47 Å². The van der Waals surface area contributed by atoms with E-state index in [0.717, 1.165) is 11.3 Å². The molecule has 0 atom stereocenters. The highest BCUT2D eigenvalue weighted by Crippen LogP contribution is 2.21. The molecule has 0 fully saturated rings. The second-order valence-corrected chi connectivity index (χ2v) is 5.97. The van der Waals surface area contributed by atoms with E-state index in [-0.39, 0.29) is 18.3 Å². The molecule has 0 unspecified atom stereocenters. The van der Waals surface area contributed by atoms with Crippen LogP contribution in [0.5, 0.6) is 11.5 Å². The van der Waals surface area contributed by atoms with E-state index in [1.807, 2.05) is 0 Å². The summed E-state index contributed by atoms with van der Waals surface area (Å²) in [5, 5.41) is 11.3. The van der Waals surface area contributed by atoms with Gasteiger partial charge in [-0.25, -0.2) is 4.39 Å². The van der Waals surface area contributed by atoms with Gasteiger partial charge in [-0.05, 0) is 30.3 Å². The van der Waals surface area contributed by atoms with Gasteiger partial charge in [0.2, 0.25) is 5.13 Å². The first kappa shape index (κ1) is 16.8. The van der Waals surface area contributed by atoms with Crippen molar-refractivity contribution < 1.29 is 18.7 Å². The van der Waals surface area contributed by atoms with Gasteiger partial charge in [-0.2, -0.15) is 0 Å². The monoisotopic (exact) mass is 359 g/mol. The van der Waals surface area contributed by atoms with Crippen LogP contribution in [0, 0.1) is 5.82 Å². The number of halogens is 1. The normalized spacial score (nSPS) is 10.3. The van der Waals surface area contributed by atoms with Crippen molar-refractivity contribution in [3.05, 3.63) is 64.9 Å². The van der Waals surface area contributed by atoms with Gasteiger partial charge in [0.1, 0.15) is 12.4 Å². The second-order valence-electron chi connectivity index (χ2n) is 4.91. The Hall–Kier alpha value is -3.00. The van der Waals surface area contributed by atoms with Gasteiger partial charge in [-0.15, -0.1) is 10.2 Å². The summed E-state index contributed by atoms with van der Waals surface area (Å²) in [5.41, 5.74) is 0.443. The van der Waals surface area contributed by atoms with Crippen LogP contribution in [-0.4, -0.2) is 23.2 Å². The van der Waals surface area contributed by atoms with Gasteiger partial charge in [-0.3, -0.25) is 10.1 Å². The zero-order valence-electron chi connectivity index (χ0n) is 13.2. The molecule has 0 bridgehead atoms. The first-order valence-corrected chi connectivity index (χ1v) is 8.12. The number of hydrogen-bond acceptors (Lipinski definition) is 6. The predicted octanol–water partition coefficient (Wildman–Crippen LogP) is 3.52. The van der Waals surface area contributed by atoms with Gasteiger partial charge in [0.05, 0.1) is 7.11 Å². The molecule has 1 N–H and O–H groups in total. The zero-order chi connectivity index (χ0) is 17.6. The number of methoxy groups -OCH3 is 1. The van der Waals surface area contributed by atoms with Crippen LogP contribution >= 0.6 is 11.3 Å². The van der Waals surface area contributed by atoms with Crippen LogP contribution in [0.3, 0.4) is 0 Å². The van der Waals surface area contributed by atoms with Crippen molar-refractivity contribution in [3.8, 4) is 11.5 Å². The summed E-state index contributed by atoms with van der Waals surface area (Å²) in [6.07, 6.45) is 0. The molecule has 0 spiro atoms. The molecule has 1 heterocycles. The smallest absolute Gasteiger partial charge is 0.257 e. The molecule has 1 aromatic heterocycles. The van der Waals surface area contributed by atoms with E-state index >= 15 is 0 Å². The largest absolute Gasteiger partial charge is 0.497 e. The molecule has 0 aliphatic heterocycles. The Morgan fingerprint density at radius 2 is 2.04 bits per heavy atom. The van der Waals surface area contributed by atoms with E-state index in [4.69, 9.17) is 9.47 Å². The quantitative estimate of drug-likeness (QED) is 0.729. The molecular formula is C17H14FN3O3S. The number of benzene rings is 2. The number of rotatable bonds is 6. The number of nitrogens with one attached hydrogen (secondary N) is 1. The number of hydrogen-bond donors (Lipinski definition) is 1. The minimum absolute atomic E-state index is 0.0631. The van der Waals surface area contributed by atoms with Crippen molar-refractivity contribution in [2.45, 2.75) is 6.61 Å². The summed E-state index contributed by atoms with van der Waals surface area (Å²) in [7, 11) is 1.53. The molecule has 0 radical (unpaired) electrons. The average molecular weight is 359 g/mol. The number of nitrogens with zero attached hydrogens (tertiary/aromatic N) is 2. The fourth-order valence-electron chi connectivity index (χ4n) is 2.00. The SMILES string of the molecule is COc1cccc(C(=O)Nc2nnc(COc3ccccc3F)s2)c1. The molecular weight excluding hydrogens is 345 g/mol. The standard InChI is InChI=1S/C17H14FN3O3S/c1-23-12-6-4-5-11(9-12)16(22)19-17-21-20-15(25-17)10-24-14-8-3-2-7-13(14)18/h2-9H,10H2,1H3,(H,19,21,22). The third-order valence-electron chi connectivity index (χ3n) is 3.21. The molecule has 0 aliphatic rings. The highest BCUT2D eigenvalue weighted by molar-refractivity contribution is 7.15. The Morgan fingerprint density at radius 1 is 1.20 bits per heavy atom. The van der Waals surface area contributed by atoms with Crippen molar-refractivity contribution in [1.82, 2.24) is 10.2 Å². The molecule has 3 rings (SSSR count). The molecule has 3 aromatic rings. The fourth-order valence-corrected chi connectivity index (χ4v) is 2.65. The summed E-state index contributed by atoms with van der Waals surface area (Å²) in [4.78, 5) is 12.2. The van der Waals surface area contributed by atoms with E-state index in [0.29, 0.717) is 21.5 Å². The van der Waals surface area contributed by atoms with Gasteiger partial charge in [0.25, 0.3) is 5.91 Å². The Kier molecular flexibility index (Phi) is 5.20. The number of aromatic nitrogens is 2. The van der Waals surface area contributed by atoms with Crippen LogP contribution in [0.15, 0.2) is 48.5 Å². The Balaban J connectivity index is 1.61. The lowest BCUT2D eigenvalue weighted by atomic mass is 10.2. The summed E-state index contributed by atoms with van der Waals surface area (Å²) >= 11 is 1.16. The summed E-state index contributed by atoms with van der Waals surface area (Å²) in [5.74, 6) is -0.0428. The van der Waals surface area contributed by atoms with E-state index < -0.39 is 5.82 Å². The third-order valence-corrected chi connectivity index (χ3v) is 4.02. The highest BCUT2D eigenvalue weighted by Gasteiger charge is 2.12. The van der Waals surface area contributed by atoms with Gasteiger partial charge in [0.15, 0.2) is 16.6 Å². The number of anilines is 1. The maximum atomic E-state index is 13.5. The Morgan fingerprint density at radius 3 is 2.84 bits per heavy atom. The molecule has 6 nitrogen and oxygen atoms in total. The number of amides is 1. The molecule has 0 saturated heterocycles. The summed E-state index contributed by atoms with van der Waals surface area (Å²) in [6, 6.07) is 12.9. The van der Waals surface area contributed by atoms with Crippen molar-refractivity contribution in [1.29, 1.82) is 0 Å². The number of para-hydroxylation sites is 1. The summed E-state index contributed by atoms with van der Waals surface area (Å²) in [6.45, 7) is 0.0631. The van der Waals surface area contributed by atoms with Crippen LogP contribution in [0.4, 0.5) is 9.52 Å². The Labute approximate surface area is 147 Å². The highest BCUT2D eigenvalue weighted by atomic mass is 32.1. The van der Waals surface area contributed by atoms with Crippen molar-refractivity contribution in [3.63, 3.8) is 0 Å². The maximum Gasteiger partial charge on any atom is 0.257 e. The fraction of sp³-hybridized carbons (Fsp3) is 0.118. The van der Waals surface area contributed by atoms with Gasteiger partial charge in [-0.1, -0.05) is 29.5 Å². The third kappa shape index (κ3) is 4.30. The molecule has 128 valence electrons.